The van der Waals surface area contributed by atoms with Gasteiger partial charge in [0.2, 0.25) is 0 Å². The van der Waals surface area contributed by atoms with E-state index in [0.717, 1.165) is 6.42 Å². The first-order valence-corrected chi connectivity index (χ1v) is 6.03. The Morgan fingerprint density at radius 2 is 2.42 bits per heavy atom. The summed E-state index contributed by atoms with van der Waals surface area (Å²) >= 11 is 0. The molecule has 0 bridgehead atoms. The van der Waals surface area contributed by atoms with Gasteiger partial charge in [-0.05, 0) is 19.8 Å². The number of aromatic nitrogens is 3. The Labute approximate surface area is 109 Å². The molecule has 1 atom stereocenters. The van der Waals surface area contributed by atoms with E-state index in [9.17, 15) is 9.59 Å². The number of rotatable bonds is 5. The fourth-order valence-electron chi connectivity index (χ4n) is 1.95. The van der Waals surface area contributed by atoms with E-state index in [1.54, 1.807) is 6.92 Å². The Kier molecular flexibility index (Phi) is 3.79. The first-order valence-electron chi connectivity index (χ1n) is 6.03. The minimum atomic E-state index is -0.993. The van der Waals surface area contributed by atoms with Gasteiger partial charge in [0.1, 0.15) is 17.8 Å². The number of carboxylic acids is 1. The smallest absolute Gasteiger partial charge is 0.325 e. The van der Waals surface area contributed by atoms with Crippen molar-refractivity contribution in [1.29, 1.82) is 0 Å². The maximum Gasteiger partial charge on any atom is 0.325 e. The van der Waals surface area contributed by atoms with Gasteiger partial charge < -0.3 is 15.2 Å². The molecule has 0 spiro atoms. The Balaban J connectivity index is 1.86. The molecule has 0 saturated carbocycles. The number of carbonyl (C=O) groups excluding carboxylic acids is 1. The molecule has 1 fully saturated rings. The maximum atomic E-state index is 11.9. The van der Waals surface area contributed by atoms with Crippen LogP contribution in [-0.4, -0.2) is 44.2 Å². The number of carbonyl (C=O) groups is 2. The summed E-state index contributed by atoms with van der Waals surface area (Å²) in [4.78, 5) is 22.4. The van der Waals surface area contributed by atoms with Crippen LogP contribution in [0.2, 0.25) is 0 Å². The van der Waals surface area contributed by atoms with Crippen molar-refractivity contribution in [1.82, 2.24) is 20.3 Å². The molecule has 1 aliphatic rings. The monoisotopic (exact) mass is 268 g/mol. The molecule has 1 aromatic rings. The summed E-state index contributed by atoms with van der Waals surface area (Å²) in [6.45, 7) is 2.31. The lowest BCUT2D eigenvalue weighted by Gasteiger charge is -2.21. The van der Waals surface area contributed by atoms with Crippen molar-refractivity contribution in [3.8, 4) is 0 Å². The Morgan fingerprint density at radius 1 is 1.63 bits per heavy atom. The molecule has 1 amide bonds. The number of aliphatic carboxylic acids is 1. The average Bonchev–Trinajstić information content (AvgIpc) is 2.95. The van der Waals surface area contributed by atoms with E-state index < -0.39 is 11.6 Å². The number of ether oxygens (including phenoxy) is 1. The lowest BCUT2D eigenvalue weighted by molar-refractivity contribution is -0.140. The lowest BCUT2D eigenvalue weighted by Crippen LogP contribution is -2.43. The van der Waals surface area contributed by atoms with Gasteiger partial charge in [-0.25, -0.2) is 4.68 Å². The first-order chi connectivity index (χ1) is 8.99. The molecule has 8 heteroatoms. The van der Waals surface area contributed by atoms with Gasteiger partial charge in [-0.15, -0.1) is 5.10 Å². The van der Waals surface area contributed by atoms with Gasteiger partial charge in [0.25, 0.3) is 5.91 Å². The number of amides is 1. The maximum absolute atomic E-state index is 11.9. The quantitative estimate of drug-likeness (QED) is 0.749. The topological polar surface area (TPSA) is 106 Å². The van der Waals surface area contributed by atoms with Crippen LogP contribution in [0.4, 0.5) is 0 Å². The third kappa shape index (κ3) is 3.28. The summed E-state index contributed by atoms with van der Waals surface area (Å²) < 4.78 is 6.62. The first kappa shape index (κ1) is 13.5. The summed E-state index contributed by atoms with van der Waals surface area (Å²) in [6, 6.07) is 0. The average molecular weight is 268 g/mol. The molecular weight excluding hydrogens is 252 g/mol. The Morgan fingerprint density at radius 3 is 3.05 bits per heavy atom. The van der Waals surface area contributed by atoms with Gasteiger partial charge in [0.15, 0.2) is 0 Å². The molecule has 0 aliphatic carbocycles. The highest BCUT2D eigenvalue weighted by atomic mass is 16.5. The van der Waals surface area contributed by atoms with Crippen LogP contribution < -0.4 is 5.32 Å². The predicted octanol–water partition coefficient (Wildman–Crippen LogP) is -0.452. The molecule has 1 aliphatic heterocycles. The molecule has 1 saturated heterocycles. The molecule has 2 heterocycles. The van der Waals surface area contributed by atoms with E-state index in [1.807, 2.05) is 0 Å². The summed E-state index contributed by atoms with van der Waals surface area (Å²) in [6.07, 6.45) is 3.06. The van der Waals surface area contributed by atoms with Crippen molar-refractivity contribution in [2.24, 2.45) is 0 Å². The van der Waals surface area contributed by atoms with Crippen LogP contribution in [0.1, 0.15) is 25.5 Å². The van der Waals surface area contributed by atoms with Gasteiger partial charge >= 0.3 is 5.97 Å². The molecule has 2 N–H and O–H groups in total. The minimum Gasteiger partial charge on any atom is -0.480 e. The van der Waals surface area contributed by atoms with Gasteiger partial charge in [0, 0.05) is 6.61 Å². The molecule has 8 nitrogen and oxygen atoms in total. The van der Waals surface area contributed by atoms with Gasteiger partial charge in [-0.2, -0.15) is 0 Å². The second-order valence-corrected chi connectivity index (χ2v) is 4.67. The minimum absolute atomic E-state index is 0.183. The van der Waals surface area contributed by atoms with Crippen LogP contribution in [0.15, 0.2) is 6.20 Å². The van der Waals surface area contributed by atoms with Crippen molar-refractivity contribution in [3.05, 3.63) is 11.9 Å². The van der Waals surface area contributed by atoms with Crippen molar-refractivity contribution in [2.45, 2.75) is 38.5 Å². The van der Waals surface area contributed by atoms with E-state index in [2.05, 4.69) is 15.6 Å². The number of carboxylic acid groups (broad SMARTS) is 1. The molecular formula is C11H16N4O4. The molecule has 1 aromatic heterocycles. The van der Waals surface area contributed by atoms with Crippen molar-refractivity contribution in [2.75, 3.05) is 6.61 Å². The van der Waals surface area contributed by atoms with Gasteiger partial charge in [-0.1, -0.05) is 5.21 Å². The fraction of sp³-hybridized carbons (Fsp3) is 0.636. The van der Waals surface area contributed by atoms with E-state index in [0.29, 0.717) is 18.7 Å². The zero-order valence-electron chi connectivity index (χ0n) is 10.6. The second kappa shape index (κ2) is 5.35. The molecule has 0 aromatic carbocycles. The van der Waals surface area contributed by atoms with Crippen LogP contribution >= 0.6 is 0 Å². The van der Waals surface area contributed by atoms with Crippen LogP contribution in [0.5, 0.6) is 0 Å². The van der Waals surface area contributed by atoms with E-state index in [4.69, 9.17) is 9.84 Å². The highest BCUT2D eigenvalue weighted by Crippen LogP contribution is 2.24. The summed E-state index contributed by atoms with van der Waals surface area (Å²) in [7, 11) is 0. The zero-order chi connectivity index (χ0) is 13.9. The van der Waals surface area contributed by atoms with E-state index in [1.165, 1.54) is 10.9 Å². The zero-order valence-corrected chi connectivity index (χ0v) is 10.6. The number of nitrogens with zero attached hydrogens (tertiary/aromatic N) is 3. The van der Waals surface area contributed by atoms with E-state index >= 15 is 0 Å². The van der Waals surface area contributed by atoms with Crippen molar-refractivity contribution in [3.63, 3.8) is 0 Å². The SMILES string of the molecule is CC1(C(=O)NCc2cn(CC(=O)O)nn2)CCCO1. The Hall–Kier alpha value is -1.96. The van der Waals surface area contributed by atoms with Crippen LogP contribution in [-0.2, 0) is 27.4 Å². The number of hydrogen-bond donors (Lipinski definition) is 2. The molecule has 19 heavy (non-hydrogen) atoms. The second-order valence-electron chi connectivity index (χ2n) is 4.67. The van der Waals surface area contributed by atoms with Crippen molar-refractivity contribution < 1.29 is 19.4 Å². The molecule has 0 radical (unpaired) electrons. The molecule has 1 unspecified atom stereocenters. The number of nitrogens with one attached hydrogen (secondary N) is 1. The van der Waals surface area contributed by atoms with Gasteiger partial charge in [0.05, 0.1) is 12.7 Å². The highest BCUT2D eigenvalue weighted by Gasteiger charge is 2.37. The van der Waals surface area contributed by atoms with Crippen LogP contribution in [0.3, 0.4) is 0 Å². The van der Waals surface area contributed by atoms with E-state index in [-0.39, 0.29) is 19.0 Å². The summed E-state index contributed by atoms with van der Waals surface area (Å²) in [5.41, 5.74) is -0.256. The lowest BCUT2D eigenvalue weighted by atomic mass is 10.0. The predicted molar refractivity (Wildman–Crippen MR) is 63.1 cm³/mol. The molecule has 2 rings (SSSR count). The summed E-state index contributed by atoms with van der Waals surface area (Å²) in [5.74, 6) is -1.18. The van der Waals surface area contributed by atoms with Crippen molar-refractivity contribution >= 4 is 11.9 Å². The third-order valence-electron chi connectivity index (χ3n) is 3.01. The largest absolute Gasteiger partial charge is 0.480 e. The molecule has 104 valence electrons. The summed E-state index contributed by atoms with van der Waals surface area (Å²) in [5, 5.41) is 18.8. The Bertz CT molecular complexity index is 479. The third-order valence-corrected chi connectivity index (χ3v) is 3.01. The standard InChI is InChI=1S/C11H16N4O4/c1-11(3-2-4-19-11)10(18)12-5-8-6-15(14-13-8)7-9(16)17/h6H,2-5,7H2,1H3,(H,12,18)(H,16,17). The normalized spacial score (nSPS) is 22.4. The fourth-order valence-corrected chi connectivity index (χ4v) is 1.95. The number of hydrogen-bond acceptors (Lipinski definition) is 5. The van der Waals surface area contributed by atoms with Gasteiger partial charge in [-0.3, -0.25) is 9.59 Å². The highest BCUT2D eigenvalue weighted by molar-refractivity contribution is 5.84. The van der Waals surface area contributed by atoms with Crippen LogP contribution in [0, 0.1) is 0 Å². The van der Waals surface area contributed by atoms with Crippen LogP contribution in [0.25, 0.3) is 0 Å².